The maximum absolute atomic E-state index is 13.5. The highest BCUT2D eigenvalue weighted by molar-refractivity contribution is 5.85. The van der Waals surface area contributed by atoms with Crippen molar-refractivity contribution in [3.8, 4) is 5.75 Å². The summed E-state index contributed by atoms with van der Waals surface area (Å²) in [5.74, 6) is -0.0861. The van der Waals surface area contributed by atoms with E-state index in [1.54, 1.807) is 6.07 Å². The van der Waals surface area contributed by atoms with Crippen molar-refractivity contribution in [2.24, 2.45) is 5.92 Å². The van der Waals surface area contributed by atoms with Crippen molar-refractivity contribution in [1.29, 1.82) is 0 Å². The van der Waals surface area contributed by atoms with Crippen LogP contribution in [0, 0.1) is 11.7 Å². The zero-order valence-corrected chi connectivity index (χ0v) is 12.9. The summed E-state index contributed by atoms with van der Waals surface area (Å²) in [4.78, 5) is 2.38. The van der Waals surface area contributed by atoms with E-state index in [0.29, 0.717) is 5.92 Å². The third-order valence-electron chi connectivity index (χ3n) is 3.95. The van der Waals surface area contributed by atoms with Crippen LogP contribution in [0.5, 0.6) is 5.75 Å². The van der Waals surface area contributed by atoms with E-state index in [2.05, 4.69) is 10.2 Å². The van der Waals surface area contributed by atoms with E-state index in [4.69, 9.17) is 0 Å². The second-order valence-corrected chi connectivity index (χ2v) is 5.25. The number of hydrogen-bond acceptors (Lipinski definition) is 3. The fourth-order valence-electron chi connectivity index (χ4n) is 2.89. The van der Waals surface area contributed by atoms with Gasteiger partial charge in [0, 0.05) is 37.8 Å². The van der Waals surface area contributed by atoms with Crippen molar-refractivity contribution in [2.45, 2.75) is 18.9 Å². The number of phenols is 1. The van der Waals surface area contributed by atoms with Crippen LogP contribution < -0.4 is 5.32 Å². The molecule has 20 heavy (non-hydrogen) atoms. The Bertz CT molecular complexity index is 437. The summed E-state index contributed by atoms with van der Waals surface area (Å²) in [6, 6.07) is 5.06. The van der Waals surface area contributed by atoms with E-state index in [9.17, 15) is 9.50 Å². The Morgan fingerprint density at radius 2 is 1.85 bits per heavy atom. The smallest absolute Gasteiger partial charge is 0.165 e. The quantitative estimate of drug-likeness (QED) is 0.898. The Kier molecular flexibility index (Phi) is 6.52. The Balaban J connectivity index is 0.000001000. The van der Waals surface area contributed by atoms with Crippen molar-refractivity contribution in [2.75, 3.05) is 26.2 Å². The molecule has 0 amide bonds. The largest absolute Gasteiger partial charge is 0.505 e. The number of para-hydroxylation sites is 1. The maximum atomic E-state index is 13.5. The molecule has 0 radical (unpaired) electrons. The van der Waals surface area contributed by atoms with Gasteiger partial charge in [-0.3, -0.25) is 4.90 Å². The summed E-state index contributed by atoms with van der Waals surface area (Å²) in [6.07, 6.45) is 2.37. The highest BCUT2D eigenvalue weighted by Gasteiger charge is 2.38. The number of nitrogens with zero attached hydrogens (tertiary/aromatic N) is 1. The average molecular weight is 323 g/mol. The summed E-state index contributed by atoms with van der Waals surface area (Å²) >= 11 is 0. The predicted molar refractivity (Wildman–Crippen MR) is 82.5 cm³/mol. The molecule has 1 saturated heterocycles. The molecule has 0 aromatic heterocycles. The fourth-order valence-corrected chi connectivity index (χ4v) is 2.89. The molecule has 2 aliphatic rings. The molecule has 1 aliphatic carbocycles. The maximum Gasteiger partial charge on any atom is 0.165 e. The number of piperazine rings is 1. The summed E-state index contributed by atoms with van der Waals surface area (Å²) in [6.45, 7) is 3.88. The highest BCUT2D eigenvalue weighted by atomic mass is 35.5. The first kappa shape index (κ1) is 17.5. The summed E-state index contributed by atoms with van der Waals surface area (Å²) in [5.41, 5.74) is 0.763. The number of hydrogen-bond donors (Lipinski definition) is 2. The minimum Gasteiger partial charge on any atom is -0.505 e. The van der Waals surface area contributed by atoms with Gasteiger partial charge in [-0.2, -0.15) is 0 Å². The van der Waals surface area contributed by atoms with Gasteiger partial charge < -0.3 is 10.4 Å². The van der Waals surface area contributed by atoms with Crippen LogP contribution in [0.3, 0.4) is 0 Å². The van der Waals surface area contributed by atoms with Crippen LogP contribution in [-0.2, 0) is 0 Å². The van der Waals surface area contributed by atoms with Gasteiger partial charge in [0.25, 0.3) is 0 Å². The average Bonchev–Trinajstić information content (AvgIpc) is 3.21. The van der Waals surface area contributed by atoms with E-state index < -0.39 is 5.82 Å². The van der Waals surface area contributed by atoms with E-state index >= 15 is 0 Å². The molecule has 0 unspecified atom stereocenters. The Morgan fingerprint density at radius 3 is 2.45 bits per heavy atom. The predicted octanol–water partition coefficient (Wildman–Crippen LogP) is 2.73. The number of aromatic hydroxyl groups is 1. The number of nitrogens with one attached hydrogen (secondary N) is 1. The van der Waals surface area contributed by atoms with E-state index in [1.807, 2.05) is 6.07 Å². The van der Waals surface area contributed by atoms with Gasteiger partial charge >= 0.3 is 0 Å². The molecule has 0 spiro atoms. The number of halogens is 3. The van der Waals surface area contributed by atoms with Crippen LogP contribution in [0.4, 0.5) is 4.39 Å². The molecule has 1 heterocycles. The van der Waals surface area contributed by atoms with E-state index in [1.165, 1.54) is 18.9 Å². The molecular formula is C14H21Cl2FN2O. The van der Waals surface area contributed by atoms with Gasteiger partial charge in [0.1, 0.15) is 0 Å². The third-order valence-corrected chi connectivity index (χ3v) is 3.95. The van der Waals surface area contributed by atoms with Crippen molar-refractivity contribution in [3.63, 3.8) is 0 Å². The number of phenolic OH excluding ortho intramolecular Hbond substituents is 1. The first-order valence-electron chi connectivity index (χ1n) is 6.69. The first-order valence-corrected chi connectivity index (χ1v) is 6.69. The zero-order chi connectivity index (χ0) is 12.5. The molecule has 3 rings (SSSR count). The van der Waals surface area contributed by atoms with Crippen molar-refractivity contribution in [3.05, 3.63) is 29.6 Å². The van der Waals surface area contributed by atoms with Gasteiger partial charge in [0.05, 0.1) is 0 Å². The second kappa shape index (κ2) is 7.46. The van der Waals surface area contributed by atoms with Gasteiger partial charge in [-0.25, -0.2) is 4.39 Å². The molecule has 1 atom stereocenters. The standard InChI is InChI=1S/C14H19FN2O.2ClH/c15-12-3-1-2-11(14(12)18)13(10-4-5-10)17-8-6-16-7-9-17;;/h1-3,10,13,16,18H,4-9H2;2*1H/t13-;;/m0../s1. The van der Waals surface area contributed by atoms with Gasteiger partial charge in [-0.15, -0.1) is 24.8 Å². The molecule has 114 valence electrons. The highest BCUT2D eigenvalue weighted by Crippen LogP contribution is 2.47. The lowest BCUT2D eigenvalue weighted by atomic mass is 9.98. The normalized spacial score (nSPS) is 20.6. The number of benzene rings is 1. The summed E-state index contributed by atoms with van der Waals surface area (Å²) < 4.78 is 13.5. The lowest BCUT2D eigenvalue weighted by Gasteiger charge is -2.35. The molecule has 1 saturated carbocycles. The van der Waals surface area contributed by atoms with Gasteiger partial charge in [0.15, 0.2) is 11.6 Å². The molecule has 1 aliphatic heterocycles. The number of rotatable bonds is 3. The fraction of sp³-hybridized carbons (Fsp3) is 0.571. The molecule has 2 N–H and O–H groups in total. The van der Waals surface area contributed by atoms with Crippen molar-refractivity contribution in [1.82, 2.24) is 10.2 Å². The van der Waals surface area contributed by atoms with Crippen LogP contribution in [0.25, 0.3) is 0 Å². The molecule has 1 aromatic carbocycles. The molecule has 6 heteroatoms. The van der Waals surface area contributed by atoms with E-state index in [-0.39, 0.29) is 36.6 Å². The minimum atomic E-state index is -0.506. The molecule has 1 aromatic rings. The van der Waals surface area contributed by atoms with Crippen LogP contribution in [0.2, 0.25) is 0 Å². The van der Waals surface area contributed by atoms with Gasteiger partial charge in [-0.1, -0.05) is 12.1 Å². The van der Waals surface area contributed by atoms with Crippen LogP contribution in [-0.4, -0.2) is 36.2 Å². The van der Waals surface area contributed by atoms with Crippen molar-refractivity contribution < 1.29 is 9.50 Å². The zero-order valence-electron chi connectivity index (χ0n) is 11.2. The molecular weight excluding hydrogens is 302 g/mol. The van der Waals surface area contributed by atoms with E-state index in [0.717, 1.165) is 31.7 Å². The first-order chi connectivity index (χ1) is 8.77. The monoisotopic (exact) mass is 322 g/mol. The topological polar surface area (TPSA) is 35.5 Å². The van der Waals surface area contributed by atoms with Gasteiger partial charge in [-0.05, 0) is 24.8 Å². The lowest BCUT2D eigenvalue weighted by Crippen LogP contribution is -2.45. The lowest BCUT2D eigenvalue weighted by molar-refractivity contribution is 0.153. The van der Waals surface area contributed by atoms with Crippen LogP contribution >= 0.6 is 24.8 Å². The Morgan fingerprint density at radius 1 is 1.20 bits per heavy atom. The third kappa shape index (κ3) is 3.55. The van der Waals surface area contributed by atoms with Gasteiger partial charge in [0.2, 0.25) is 0 Å². The Hall–Kier alpha value is -0.550. The van der Waals surface area contributed by atoms with Crippen LogP contribution in [0.1, 0.15) is 24.4 Å². The summed E-state index contributed by atoms with van der Waals surface area (Å²) in [5, 5.41) is 13.3. The second-order valence-electron chi connectivity index (χ2n) is 5.25. The van der Waals surface area contributed by atoms with Crippen LogP contribution in [0.15, 0.2) is 18.2 Å². The SMILES string of the molecule is Cl.Cl.Oc1c(F)cccc1[C@H](C1CC1)N1CCNCC1. The Labute approximate surface area is 131 Å². The molecule has 3 nitrogen and oxygen atoms in total. The molecule has 0 bridgehead atoms. The minimum absolute atomic E-state index is 0. The molecule has 2 fully saturated rings. The van der Waals surface area contributed by atoms with Crippen molar-refractivity contribution >= 4 is 24.8 Å². The summed E-state index contributed by atoms with van der Waals surface area (Å²) in [7, 11) is 0.